The maximum Gasteiger partial charge on any atom is 0.279 e. The fraction of sp³-hybridized carbons (Fsp3) is 1.00. The molecule has 0 unspecified atom stereocenters. The standard InChI is InChI=1S/C10H21F2N3O2S.ClH/c1-15(9-5-3-2-4-6-9)18(16,17)14-8-10(11,12)7-13;/h9,14H,2-8,13H2,1H3;1H. The lowest BCUT2D eigenvalue weighted by Crippen LogP contribution is -2.49. The molecule has 0 atom stereocenters. The summed E-state index contributed by atoms with van der Waals surface area (Å²) in [4.78, 5) is 0. The van der Waals surface area contributed by atoms with Gasteiger partial charge in [-0.05, 0) is 12.8 Å². The molecule has 1 aliphatic rings. The van der Waals surface area contributed by atoms with Crippen molar-refractivity contribution in [2.75, 3.05) is 20.1 Å². The molecule has 0 spiro atoms. The summed E-state index contributed by atoms with van der Waals surface area (Å²) < 4.78 is 52.6. The van der Waals surface area contributed by atoms with Crippen molar-refractivity contribution >= 4 is 22.6 Å². The van der Waals surface area contributed by atoms with Gasteiger partial charge in [-0.2, -0.15) is 17.4 Å². The summed E-state index contributed by atoms with van der Waals surface area (Å²) >= 11 is 0. The molecule has 19 heavy (non-hydrogen) atoms. The van der Waals surface area contributed by atoms with E-state index < -0.39 is 29.2 Å². The van der Waals surface area contributed by atoms with Crippen molar-refractivity contribution in [1.29, 1.82) is 0 Å². The van der Waals surface area contributed by atoms with Gasteiger partial charge in [0.25, 0.3) is 16.1 Å². The first-order valence-corrected chi connectivity index (χ1v) is 7.53. The molecular formula is C10H22ClF2N3O2S. The van der Waals surface area contributed by atoms with Crippen LogP contribution < -0.4 is 10.5 Å². The van der Waals surface area contributed by atoms with E-state index in [2.05, 4.69) is 0 Å². The molecule has 1 rings (SSSR count). The molecule has 0 aromatic rings. The van der Waals surface area contributed by atoms with Crippen LogP contribution in [0.25, 0.3) is 0 Å². The SMILES string of the molecule is CN(C1CCCCC1)S(=O)(=O)NCC(F)(F)CN.Cl. The van der Waals surface area contributed by atoms with Gasteiger partial charge in [-0.1, -0.05) is 19.3 Å². The van der Waals surface area contributed by atoms with Gasteiger partial charge < -0.3 is 5.73 Å². The molecule has 0 aliphatic heterocycles. The van der Waals surface area contributed by atoms with Crippen LogP contribution in [-0.2, 0) is 10.2 Å². The monoisotopic (exact) mass is 321 g/mol. The Morgan fingerprint density at radius 1 is 1.32 bits per heavy atom. The minimum Gasteiger partial charge on any atom is -0.325 e. The minimum absolute atomic E-state index is 0. The first-order valence-electron chi connectivity index (χ1n) is 6.09. The van der Waals surface area contributed by atoms with Gasteiger partial charge >= 0.3 is 0 Å². The maximum atomic E-state index is 12.9. The van der Waals surface area contributed by atoms with E-state index >= 15 is 0 Å². The van der Waals surface area contributed by atoms with Crippen LogP contribution in [0.15, 0.2) is 0 Å². The molecule has 116 valence electrons. The van der Waals surface area contributed by atoms with Gasteiger partial charge in [-0.15, -0.1) is 12.4 Å². The summed E-state index contributed by atoms with van der Waals surface area (Å²) in [5.74, 6) is -3.21. The molecule has 1 fully saturated rings. The van der Waals surface area contributed by atoms with E-state index in [1.54, 1.807) is 0 Å². The third kappa shape index (κ3) is 5.86. The predicted molar refractivity (Wildman–Crippen MR) is 72.8 cm³/mol. The van der Waals surface area contributed by atoms with Crippen molar-refractivity contribution in [3.05, 3.63) is 0 Å². The van der Waals surface area contributed by atoms with Crippen molar-refractivity contribution in [1.82, 2.24) is 9.03 Å². The first kappa shape index (κ1) is 19.0. The lowest BCUT2D eigenvalue weighted by atomic mass is 9.96. The van der Waals surface area contributed by atoms with Crippen molar-refractivity contribution in [3.8, 4) is 0 Å². The molecule has 0 saturated heterocycles. The third-order valence-corrected chi connectivity index (χ3v) is 4.85. The smallest absolute Gasteiger partial charge is 0.279 e. The molecule has 1 saturated carbocycles. The quantitative estimate of drug-likeness (QED) is 0.769. The van der Waals surface area contributed by atoms with Crippen LogP contribution in [0.1, 0.15) is 32.1 Å². The second-order valence-corrected chi connectivity index (χ2v) is 6.51. The van der Waals surface area contributed by atoms with E-state index in [1.165, 1.54) is 11.4 Å². The average molecular weight is 322 g/mol. The lowest BCUT2D eigenvalue weighted by Gasteiger charge is -2.30. The van der Waals surface area contributed by atoms with E-state index in [9.17, 15) is 17.2 Å². The number of nitrogens with two attached hydrogens (primary N) is 1. The predicted octanol–water partition coefficient (Wildman–Crippen LogP) is 1.10. The van der Waals surface area contributed by atoms with Crippen LogP contribution >= 0.6 is 12.4 Å². The summed E-state index contributed by atoms with van der Waals surface area (Å²) in [6.45, 7) is -1.83. The van der Waals surface area contributed by atoms with E-state index in [0.717, 1.165) is 32.1 Å². The number of halogens is 3. The molecule has 1 aliphatic carbocycles. The van der Waals surface area contributed by atoms with Crippen LogP contribution in [-0.4, -0.2) is 44.8 Å². The molecule has 0 aromatic carbocycles. The van der Waals surface area contributed by atoms with Gasteiger partial charge in [0.2, 0.25) is 0 Å². The fourth-order valence-electron chi connectivity index (χ4n) is 2.01. The summed E-state index contributed by atoms with van der Waals surface area (Å²) in [7, 11) is -2.43. The van der Waals surface area contributed by atoms with Crippen molar-refractivity contribution < 1.29 is 17.2 Å². The van der Waals surface area contributed by atoms with E-state index in [-0.39, 0.29) is 18.4 Å². The molecule has 0 bridgehead atoms. The van der Waals surface area contributed by atoms with E-state index in [1.807, 2.05) is 4.72 Å². The van der Waals surface area contributed by atoms with Gasteiger partial charge in [0.1, 0.15) is 0 Å². The van der Waals surface area contributed by atoms with Crippen molar-refractivity contribution in [2.24, 2.45) is 5.73 Å². The van der Waals surface area contributed by atoms with Gasteiger partial charge in [0.05, 0.1) is 13.1 Å². The molecule has 5 nitrogen and oxygen atoms in total. The van der Waals surface area contributed by atoms with E-state index in [0.29, 0.717) is 0 Å². The van der Waals surface area contributed by atoms with Gasteiger partial charge in [-0.25, -0.2) is 8.78 Å². The summed E-state index contributed by atoms with van der Waals surface area (Å²) in [5, 5.41) is 0. The Hall–Kier alpha value is -0.0200. The highest BCUT2D eigenvalue weighted by molar-refractivity contribution is 7.87. The summed E-state index contributed by atoms with van der Waals surface area (Å²) in [6.07, 6.45) is 4.62. The first-order chi connectivity index (χ1) is 8.28. The Labute approximate surface area is 119 Å². The van der Waals surface area contributed by atoms with E-state index in [4.69, 9.17) is 5.73 Å². The average Bonchev–Trinajstić information content (AvgIpc) is 2.37. The largest absolute Gasteiger partial charge is 0.325 e. The van der Waals surface area contributed by atoms with Crippen LogP contribution in [0.5, 0.6) is 0 Å². The molecule has 0 heterocycles. The zero-order valence-corrected chi connectivity index (χ0v) is 12.6. The molecule has 0 radical (unpaired) electrons. The van der Waals surface area contributed by atoms with Crippen LogP contribution in [0.2, 0.25) is 0 Å². The normalized spacial score (nSPS) is 18.4. The van der Waals surface area contributed by atoms with Crippen LogP contribution in [0.4, 0.5) is 8.78 Å². The zero-order chi connectivity index (χ0) is 13.8. The third-order valence-electron chi connectivity index (χ3n) is 3.28. The topological polar surface area (TPSA) is 75.4 Å². The Balaban J connectivity index is 0.00000324. The molecular weight excluding hydrogens is 300 g/mol. The zero-order valence-electron chi connectivity index (χ0n) is 10.9. The molecule has 0 amide bonds. The summed E-state index contributed by atoms with van der Waals surface area (Å²) in [6, 6.07) is -0.0947. The van der Waals surface area contributed by atoms with Crippen LogP contribution in [0.3, 0.4) is 0 Å². The number of nitrogens with one attached hydrogen (secondary N) is 1. The van der Waals surface area contributed by atoms with Gasteiger partial charge in [0, 0.05) is 13.1 Å². The molecule has 0 aromatic heterocycles. The Morgan fingerprint density at radius 3 is 2.32 bits per heavy atom. The highest BCUT2D eigenvalue weighted by Gasteiger charge is 2.32. The highest BCUT2D eigenvalue weighted by atomic mass is 35.5. The Bertz CT molecular complexity index is 362. The fourth-order valence-corrected chi connectivity index (χ4v) is 3.21. The van der Waals surface area contributed by atoms with Crippen molar-refractivity contribution in [2.45, 2.75) is 44.1 Å². The Morgan fingerprint density at radius 2 is 1.84 bits per heavy atom. The number of hydrogen-bond donors (Lipinski definition) is 2. The number of hydrogen-bond acceptors (Lipinski definition) is 3. The maximum absolute atomic E-state index is 12.9. The highest BCUT2D eigenvalue weighted by Crippen LogP contribution is 2.23. The molecule has 9 heteroatoms. The summed E-state index contributed by atoms with van der Waals surface area (Å²) in [5.41, 5.74) is 4.86. The van der Waals surface area contributed by atoms with Gasteiger partial charge in [-0.3, -0.25) is 0 Å². The minimum atomic E-state index is -3.86. The number of alkyl halides is 2. The van der Waals surface area contributed by atoms with Crippen molar-refractivity contribution in [3.63, 3.8) is 0 Å². The molecule has 3 N–H and O–H groups in total. The van der Waals surface area contributed by atoms with Crippen LogP contribution in [0, 0.1) is 0 Å². The lowest BCUT2D eigenvalue weighted by molar-refractivity contribution is 0.0166. The number of rotatable bonds is 6. The second-order valence-electron chi connectivity index (χ2n) is 4.69. The number of nitrogens with zero attached hydrogens (tertiary/aromatic N) is 1. The van der Waals surface area contributed by atoms with Gasteiger partial charge in [0.15, 0.2) is 0 Å². The Kier molecular flexibility index (Phi) is 7.67. The second kappa shape index (κ2) is 7.68.